The molecule has 1 N–H and O–H groups in total. The van der Waals surface area contributed by atoms with Gasteiger partial charge in [-0.2, -0.15) is 0 Å². The molecular formula is C11H18BF4NO. The largest absolute Gasteiger partial charge is 0.673 e. The number of rotatable bonds is 5. The zero-order chi connectivity index (χ0) is 14.0. The number of aromatic hydroxyl groups is 1. The first-order chi connectivity index (χ1) is 8.33. The molecule has 0 atom stereocenters. The van der Waals surface area contributed by atoms with E-state index in [2.05, 4.69) is 11.5 Å². The van der Waals surface area contributed by atoms with E-state index in [4.69, 9.17) is 5.11 Å². The summed E-state index contributed by atoms with van der Waals surface area (Å²) >= 11 is 0. The van der Waals surface area contributed by atoms with E-state index in [1.54, 1.807) is 12.1 Å². The summed E-state index contributed by atoms with van der Waals surface area (Å²) < 4.78 is 41.1. The number of nitrogens with zero attached hydrogens (tertiary/aromatic N) is 1. The van der Waals surface area contributed by atoms with Crippen molar-refractivity contribution >= 4 is 7.25 Å². The van der Waals surface area contributed by atoms with E-state index in [0.717, 1.165) is 6.54 Å². The van der Waals surface area contributed by atoms with Crippen molar-refractivity contribution in [2.45, 2.75) is 39.2 Å². The van der Waals surface area contributed by atoms with E-state index >= 15 is 0 Å². The monoisotopic (exact) mass is 267 g/mol. The Kier molecular flexibility index (Phi) is 8.16. The van der Waals surface area contributed by atoms with Crippen LogP contribution in [0.5, 0.6) is 5.75 Å². The van der Waals surface area contributed by atoms with Crippen molar-refractivity contribution in [2.75, 3.05) is 0 Å². The molecule has 1 rings (SSSR count). The highest BCUT2D eigenvalue weighted by Crippen LogP contribution is 2.06. The summed E-state index contributed by atoms with van der Waals surface area (Å²) in [5, 5.41) is 9.05. The first-order valence-corrected chi connectivity index (χ1v) is 5.88. The second kappa shape index (κ2) is 8.77. The van der Waals surface area contributed by atoms with Crippen molar-refractivity contribution in [3.63, 3.8) is 0 Å². The number of halogens is 4. The molecule has 7 heteroatoms. The highest BCUT2D eigenvalue weighted by Gasteiger charge is 2.20. The molecule has 18 heavy (non-hydrogen) atoms. The van der Waals surface area contributed by atoms with Crippen molar-refractivity contribution < 1.29 is 26.9 Å². The average Bonchev–Trinajstić information content (AvgIpc) is 2.25. The first kappa shape index (κ1) is 16.7. The molecule has 0 aliphatic carbocycles. The predicted molar refractivity (Wildman–Crippen MR) is 62.6 cm³/mol. The maximum atomic E-state index is 9.75. The summed E-state index contributed by atoms with van der Waals surface area (Å²) in [5.74, 6) is 0.338. The molecule has 1 aromatic heterocycles. The van der Waals surface area contributed by atoms with Crippen LogP contribution in [0, 0.1) is 0 Å². The molecule has 0 unspecified atom stereocenters. The predicted octanol–water partition coefficient (Wildman–Crippen LogP) is 3.56. The van der Waals surface area contributed by atoms with Crippen molar-refractivity contribution in [2.24, 2.45) is 0 Å². The highest BCUT2D eigenvalue weighted by atomic mass is 19.5. The minimum atomic E-state index is -6.00. The van der Waals surface area contributed by atoms with Crippen LogP contribution in [0.1, 0.15) is 32.6 Å². The molecule has 2 nitrogen and oxygen atoms in total. The summed E-state index contributed by atoms with van der Waals surface area (Å²) in [6.45, 7) is 3.27. The molecule has 0 spiro atoms. The number of hydrogen-bond donors (Lipinski definition) is 1. The zero-order valence-electron chi connectivity index (χ0n) is 10.3. The highest BCUT2D eigenvalue weighted by molar-refractivity contribution is 6.50. The van der Waals surface area contributed by atoms with Gasteiger partial charge in [-0.15, -0.1) is 0 Å². The molecule has 0 aliphatic heterocycles. The lowest BCUT2D eigenvalue weighted by Gasteiger charge is -1.96. The van der Waals surface area contributed by atoms with Gasteiger partial charge in [0.25, 0.3) is 0 Å². The fraction of sp³-hybridized carbons (Fsp3) is 0.545. The number of aromatic nitrogens is 1. The molecule has 0 saturated heterocycles. The Hall–Kier alpha value is -1.27. The van der Waals surface area contributed by atoms with E-state index in [1.165, 1.54) is 25.7 Å². The van der Waals surface area contributed by atoms with E-state index in [0.29, 0.717) is 5.75 Å². The van der Waals surface area contributed by atoms with Crippen LogP contribution in [-0.2, 0) is 6.54 Å². The van der Waals surface area contributed by atoms with Crippen LogP contribution in [-0.4, -0.2) is 12.4 Å². The number of hydrogen-bond acceptors (Lipinski definition) is 1. The van der Waals surface area contributed by atoms with Gasteiger partial charge in [0.2, 0.25) is 0 Å². The fourth-order valence-corrected chi connectivity index (χ4v) is 1.32. The third-order valence-corrected chi connectivity index (χ3v) is 2.14. The Bertz CT molecular complexity index is 310. The molecule has 0 aromatic carbocycles. The molecule has 0 aliphatic rings. The number of aryl methyl sites for hydroxylation is 1. The Morgan fingerprint density at radius 3 is 2.00 bits per heavy atom. The van der Waals surface area contributed by atoms with Gasteiger partial charge in [-0.25, -0.2) is 4.57 Å². The zero-order valence-corrected chi connectivity index (χ0v) is 10.3. The molecule has 0 fully saturated rings. The van der Waals surface area contributed by atoms with Gasteiger partial charge >= 0.3 is 7.25 Å². The molecular weight excluding hydrogens is 249 g/mol. The summed E-state index contributed by atoms with van der Waals surface area (Å²) in [6, 6.07) is 3.44. The number of pyridine rings is 1. The maximum absolute atomic E-state index is 9.75. The second-order valence-electron chi connectivity index (χ2n) is 3.85. The van der Waals surface area contributed by atoms with Gasteiger partial charge < -0.3 is 22.4 Å². The molecule has 0 bridgehead atoms. The Balaban J connectivity index is 0.000000494. The van der Waals surface area contributed by atoms with Crippen molar-refractivity contribution in [1.82, 2.24) is 0 Å². The van der Waals surface area contributed by atoms with Crippen LogP contribution in [0.2, 0.25) is 0 Å². The Morgan fingerprint density at radius 1 is 1.06 bits per heavy atom. The van der Waals surface area contributed by atoms with E-state index in [-0.39, 0.29) is 0 Å². The molecule has 1 aromatic rings. The molecule has 0 amide bonds. The van der Waals surface area contributed by atoms with E-state index < -0.39 is 7.25 Å². The van der Waals surface area contributed by atoms with Gasteiger partial charge in [-0.3, -0.25) is 0 Å². The van der Waals surface area contributed by atoms with Gasteiger partial charge in [0, 0.05) is 18.6 Å². The van der Waals surface area contributed by atoms with Gasteiger partial charge in [-0.1, -0.05) is 19.8 Å². The smallest absolute Gasteiger partial charge is 0.507 e. The van der Waals surface area contributed by atoms with E-state index in [1.807, 2.05) is 12.4 Å². The molecule has 0 radical (unpaired) electrons. The van der Waals surface area contributed by atoms with Crippen LogP contribution < -0.4 is 4.57 Å². The summed E-state index contributed by atoms with van der Waals surface area (Å²) in [5.41, 5.74) is 0. The summed E-state index contributed by atoms with van der Waals surface area (Å²) in [6.07, 6.45) is 8.95. The third-order valence-electron chi connectivity index (χ3n) is 2.14. The number of unbranched alkanes of at least 4 members (excludes halogenated alkanes) is 3. The molecule has 0 saturated carbocycles. The third kappa shape index (κ3) is 12.8. The summed E-state index contributed by atoms with van der Waals surface area (Å²) in [4.78, 5) is 0. The maximum Gasteiger partial charge on any atom is 0.673 e. The molecule has 104 valence electrons. The first-order valence-electron chi connectivity index (χ1n) is 5.88. The van der Waals surface area contributed by atoms with E-state index in [9.17, 15) is 17.3 Å². The fourth-order valence-electron chi connectivity index (χ4n) is 1.32. The lowest BCUT2D eigenvalue weighted by atomic mass is 10.2. The van der Waals surface area contributed by atoms with Crippen molar-refractivity contribution in [3.8, 4) is 5.75 Å². The molecule has 1 heterocycles. The summed E-state index contributed by atoms with van der Waals surface area (Å²) in [7, 11) is -6.00. The lowest BCUT2D eigenvalue weighted by molar-refractivity contribution is -0.697. The van der Waals surface area contributed by atoms with Crippen LogP contribution in [0.3, 0.4) is 0 Å². The Labute approximate surface area is 104 Å². The minimum absolute atomic E-state index is 0.338. The van der Waals surface area contributed by atoms with Crippen LogP contribution >= 0.6 is 0 Å². The minimum Gasteiger partial charge on any atom is -0.507 e. The van der Waals surface area contributed by atoms with Gasteiger partial charge in [-0.05, 0) is 6.42 Å². The quantitative estimate of drug-likeness (QED) is 0.375. The lowest BCUT2D eigenvalue weighted by Crippen LogP contribution is -2.32. The van der Waals surface area contributed by atoms with Crippen LogP contribution in [0.4, 0.5) is 17.3 Å². The van der Waals surface area contributed by atoms with Gasteiger partial charge in [0.15, 0.2) is 12.4 Å². The van der Waals surface area contributed by atoms with Crippen molar-refractivity contribution in [1.29, 1.82) is 0 Å². The van der Waals surface area contributed by atoms with Crippen LogP contribution in [0.25, 0.3) is 0 Å². The SMILES string of the molecule is CCCCCC[n+]1ccc(O)cc1.F[B-](F)(F)F. The Morgan fingerprint density at radius 2 is 1.56 bits per heavy atom. The van der Waals surface area contributed by atoms with Gasteiger partial charge in [0.1, 0.15) is 12.3 Å². The second-order valence-corrected chi connectivity index (χ2v) is 3.85. The van der Waals surface area contributed by atoms with Crippen molar-refractivity contribution in [3.05, 3.63) is 24.5 Å². The standard InChI is InChI=1S/C11H17NO.BF4/c1-2-3-4-5-8-12-9-6-11(13)7-10-12;2-1(3,4)5/h6-7,9-10H,2-5,8H2,1H3;/q;-1/p+1. The van der Waals surface area contributed by atoms with Gasteiger partial charge in [0.05, 0.1) is 0 Å². The topological polar surface area (TPSA) is 24.1 Å². The van der Waals surface area contributed by atoms with Crippen LogP contribution in [0.15, 0.2) is 24.5 Å². The normalized spacial score (nSPS) is 10.7. The average molecular weight is 267 g/mol.